The molecule has 3 rings (SSSR count). The van der Waals surface area contributed by atoms with Crippen molar-refractivity contribution in [3.05, 3.63) is 21.4 Å². The van der Waals surface area contributed by atoms with E-state index in [1.807, 2.05) is 4.90 Å². The smallest absolute Gasteiger partial charge is 0.263 e. The van der Waals surface area contributed by atoms with Crippen molar-refractivity contribution in [3.63, 3.8) is 0 Å². The van der Waals surface area contributed by atoms with Crippen LogP contribution in [-0.2, 0) is 12.8 Å². The number of piperidine rings is 1. The number of thiophene rings is 1. The predicted octanol–water partition coefficient (Wildman–Crippen LogP) is 4.02. The molecule has 0 bridgehead atoms. The number of carbonyl (C=O) groups is 1. The van der Waals surface area contributed by atoms with Crippen LogP contribution in [0.5, 0.6) is 0 Å². The minimum atomic E-state index is 0.252. The molecule has 1 unspecified atom stereocenters. The van der Waals surface area contributed by atoms with Crippen LogP contribution in [0.3, 0.4) is 0 Å². The van der Waals surface area contributed by atoms with E-state index >= 15 is 0 Å². The number of rotatable bonds is 1. The summed E-state index contributed by atoms with van der Waals surface area (Å²) < 4.78 is 0. The number of aryl methyl sites for hydroxylation is 2. The first-order chi connectivity index (χ1) is 9.24. The van der Waals surface area contributed by atoms with Gasteiger partial charge in [0.1, 0.15) is 0 Å². The molecule has 19 heavy (non-hydrogen) atoms. The number of amides is 1. The lowest BCUT2D eigenvalue weighted by molar-refractivity contribution is 0.0735. The Morgan fingerprint density at radius 2 is 2.11 bits per heavy atom. The van der Waals surface area contributed by atoms with Crippen LogP contribution in [0.2, 0.25) is 0 Å². The first kappa shape index (κ1) is 13.6. The third-order valence-electron chi connectivity index (χ3n) is 4.11. The maximum absolute atomic E-state index is 12.6. The van der Waals surface area contributed by atoms with E-state index in [2.05, 4.69) is 22.0 Å². The molecule has 2 aliphatic rings. The van der Waals surface area contributed by atoms with E-state index in [4.69, 9.17) is 0 Å². The molecule has 1 atom stereocenters. The van der Waals surface area contributed by atoms with Crippen LogP contribution in [0, 0.1) is 0 Å². The highest BCUT2D eigenvalue weighted by molar-refractivity contribution is 9.09. The quantitative estimate of drug-likeness (QED) is 0.558. The topological polar surface area (TPSA) is 20.3 Å². The normalized spacial score (nSPS) is 23.8. The van der Waals surface area contributed by atoms with Gasteiger partial charge in [-0.15, -0.1) is 11.3 Å². The van der Waals surface area contributed by atoms with Gasteiger partial charge in [-0.25, -0.2) is 0 Å². The lowest BCUT2D eigenvalue weighted by Crippen LogP contribution is -2.39. The molecule has 0 saturated carbocycles. The van der Waals surface area contributed by atoms with Crippen molar-refractivity contribution < 1.29 is 4.79 Å². The molecule has 0 spiro atoms. The zero-order chi connectivity index (χ0) is 13.2. The molecular formula is C15H20BrNOS. The fraction of sp³-hybridized carbons (Fsp3) is 0.667. The van der Waals surface area contributed by atoms with Crippen molar-refractivity contribution in [2.45, 2.75) is 49.8 Å². The van der Waals surface area contributed by atoms with Gasteiger partial charge >= 0.3 is 0 Å². The van der Waals surface area contributed by atoms with Crippen LogP contribution < -0.4 is 0 Å². The van der Waals surface area contributed by atoms with Crippen LogP contribution in [0.25, 0.3) is 0 Å². The summed E-state index contributed by atoms with van der Waals surface area (Å²) in [6.07, 6.45) is 8.55. The van der Waals surface area contributed by atoms with Gasteiger partial charge in [0, 0.05) is 22.8 Å². The van der Waals surface area contributed by atoms with Crippen molar-refractivity contribution in [1.29, 1.82) is 0 Å². The number of likely N-dealkylation sites (tertiary alicyclic amines) is 1. The Hall–Kier alpha value is -0.350. The van der Waals surface area contributed by atoms with Gasteiger partial charge in [0.25, 0.3) is 5.91 Å². The van der Waals surface area contributed by atoms with Crippen molar-refractivity contribution in [1.82, 2.24) is 4.90 Å². The van der Waals surface area contributed by atoms with E-state index in [0.717, 1.165) is 24.4 Å². The molecule has 0 radical (unpaired) electrons. The van der Waals surface area contributed by atoms with Crippen LogP contribution in [-0.4, -0.2) is 28.7 Å². The first-order valence-corrected chi connectivity index (χ1v) is 9.02. The van der Waals surface area contributed by atoms with Crippen molar-refractivity contribution >= 4 is 33.2 Å². The van der Waals surface area contributed by atoms with Gasteiger partial charge in [-0.1, -0.05) is 22.4 Å². The average molecular weight is 342 g/mol. The highest BCUT2D eigenvalue weighted by Gasteiger charge is 2.25. The van der Waals surface area contributed by atoms with Gasteiger partial charge in [-0.3, -0.25) is 4.79 Å². The molecule has 1 aliphatic heterocycles. The van der Waals surface area contributed by atoms with E-state index in [0.29, 0.717) is 4.83 Å². The predicted molar refractivity (Wildman–Crippen MR) is 83.4 cm³/mol. The highest BCUT2D eigenvalue weighted by Crippen LogP contribution is 2.30. The summed E-state index contributed by atoms with van der Waals surface area (Å²) >= 11 is 5.39. The molecule has 2 nitrogen and oxygen atoms in total. The number of fused-ring (bicyclic) bond motifs is 1. The Morgan fingerprint density at radius 1 is 1.26 bits per heavy atom. The second kappa shape index (κ2) is 5.96. The molecule has 1 aromatic heterocycles. The minimum absolute atomic E-state index is 0.252. The van der Waals surface area contributed by atoms with Crippen molar-refractivity contribution in [3.8, 4) is 0 Å². The summed E-state index contributed by atoms with van der Waals surface area (Å²) in [6, 6.07) is 2.17. The fourth-order valence-electron chi connectivity index (χ4n) is 3.04. The molecule has 2 heterocycles. The van der Waals surface area contributed by atoms with Gasteiger partial charge in [-0.05, 0) is 50.2 Å². The molecule has 104 valence electrons. The minimum Gasteiger partial charge on any atom is -0.337 e. The van der Waals surface area contributed by atoms with E-state index in [9.17, 15) is 4.79 Å². The lowest BCUT2D eigenvalue weighted by Gasteiger charge is -2.29. The summed E-state index contributed by atoms with van der Waals surface area (Å²) in [5, 5.41) is 0. The molecule has 1 amide bonds. The third-order valence-corrected chi connectivity index (χ3v) is 6.08. The van der Waals surface area contributed by atoms with Crippen LogP contribution in [0.15, 0.2) is 6.07 Å². The van der Waals surface area contributed by atoms with Gasteiger partial charge in [-0.2, -0.15) is 0 Å². The molecule has 0 N–H and O–H groups in total. The number of alkyl halides is 1. The molecular weight excluding hydrogens is 322 g/mol. The molecule has 1 saturated heterocycles. The first-order valence-electron chi connectivity index (χ1n) is 7.29. The van der Waals surface area contributed by atoms with Crippen LogP contribution >= 0.6 is 27.3 Å². The largest absolute Gasteiger partial charge is 0.337 e. The Labute approximate surface area is 127 Å². The standard InChI is InChI=1S/C15H20BrNOS/c16-12-6-4-8-17(10-12)15(18)14-9-11-5-2-1-3-7-13(11)19-14/h9,12H,1-8,10H2. The van der Waals surface area contributed by atoms with E-state index in [-0.39, 0.29) is 5.91 Å². The molecule has 1 aromatic rings. The van der Waals surface area contributed by atoms with E-state index < -0.39 is 0 Å². The zero-order valence-electron chi connectivity index (χ0n) is 11.2. The number of hydrogen-bond donors (Lipinski definition) is 0. The second-order valence-corrected chi connectivity index (χ2v) is 8.04. The number of halogens is 1. The van der Waals surface area contributed by atoms with Crippen LogP contribution in [0.4, 0.5) is 0 Å². The van der Waals surface area contributed by atoms with E-state index in [1.54, 1.807) is 11.3 Å². The van der Waals surface area contributed by atoms with Gasteiger partial charge in [0.05, 0.1) is 4.88 Å². The summed E-state index contributed by atoms with van der Waals surface area (Å²) in [6.45, 7) is 1.78. The van der Waals surface area contributed by atoms with Gasteiger partial charge in [0.2, 0.25) is 0 Å². The van der Waals surface area contributed by atoms with Gasteiger partial charge < -0.3 is 4.90 Å². The van der Waals surface area contributed by atoms with Crippen molar-refractivity contribution in [2.75, 3.05) is 13.1 Å². The Bertz CT molecular complexity index is 447. The number of hydrogen-bond acceptors (Lipinski definition) is 2. The average Bonchev–Trinajstić information content (AvgIpc) is 2.69. The molecule has 1 fully saturated rings. The monoisotopic (exact) mass is 341 g/mol. The molecule has 0 aromatic carbocycles. The summed E-state index contributed by atoms with van der Waals surface area (Å²) in [4.78, 5) is 17.5. The maximum Gasteiger partial charge on any atom is 0.263 e. The molecule has 4 heteroatoms. The summed E-state index contributed by atoms with van der Waals surface area (Å²) in [7, 11) is 0. The Morgan fingerprint density at radius 3 is 2.95 bits per heavy atom. The zero-order valence-corrected chi connectivity index (χ0v) is 13.6. The SMILES string of the molecule is O=C(c1cc2c(s1)CCCCC2)N1CCCC(Br)C1. The number of nitrogens with zero attached hydrogens (tertiary/aromatic N) is 1. The van der Waals surface area contributed by atoms with Crippen LogP contribution in [0.1, 0.15) is 52.2 Å². The second-order valence-electron chi connectivity index (χ2n) is 5.61. The maximum atomic E-state index is 12.6. The summed E-state index contributed by atoms with van der Waals surface area (Å²) in [5.41, 5.74) is 1.44. The van der Waals surface area contributed by atoms with Crippen molar-refractivity contribution in [2.24, 2.45) is 0 Å². The Kier molecular flexibility index (Phi) is 4.27. The highest BCUT2D eigenvalue weighted by atomic mass is 79.9. The number of carbonyl (C=O) groups excluding carboxylic acids is 1. The van der Waals surface area contributed by atoms with Gasteiger partial charge in [0.15, 0.2) is 0 Å². The Balaban J connectivity index is 1.76. The molecule has 1 aliphatic carbocycles. The lowest BCUT2D eigenvalue weighted by atomic mass is 10.1. The van der Waals surface area contributed by atoms with E-state index in [1.165, 1.54) is 49.0 Å². The third kappa shape index (κ3) is 3.05. The fourth-order valence-corrected chi connectivity index (χ4v) is 4.93. The summed E-state index contributed by atoms with van der Waals surface area (Å²) in [5.74, 6) is 0.252.